The zero-order chi connectivity index (χ0) is 20.8. The van der Waals surface area contributed by atoms with Gasteiger partial charge in [-0.1, -0.05) is 60.3 Å². The zero-order valence-electron chi connectivity index (χ0n) is 15.1. The number of carboxylic acid groups (broad SMARTS) is 2. The third kappa shape index (κ3) is 5.52. The van der Waals surface area contributed by atoms with E-state index in [4.69, 9.17) is 10.2 Å². The summed E-state index contributed by atoms with van der Waals surface area (Å²) in [5.74, 6) is -2.33. The van der Waals surface area contributed by atoms with E-state index in [1.807, 2.05) is 42.5 Å². The van der Waals surface area contributed by atoms with Gasteiger partial charge in [0.25, 0.3) is 0 Å². The van der Waals surface area contributed by atoms with Crippen LogP contribution >= 0.6 is 11.8 Å². The number of hydrogen-bond acceptors (Lipinski definition) is 6. The number of carbonyl (C=O) groups is 3. The standard InChI is InChI=1S/C20H17N3O5S/c24-17(25)9-14-3-1-2-4-15(14)13-7-5-12(6-8-13)11-21-23-20-22-19(28)16(29-20)10-18(26)27/h1-8,11,16H,9-10H2,(H,24,25)(H,26,27)(H,22,23,28). The summed E-state index contributed by atoms with van der Waals surface area (Å²) >= 11 is 1.04. The Bertz CT molecular complexity index is 1000. The molecule has 1 saturated heterocycles. The van der Waals surface area contributed by atoms with E-state index >= 15 is 0 Å². The van der Waals surface area contributed by atoms with Gasteiger partial charge in [-0.3, -0.25) is 14.4 Å². The van der Waals surface area contributed by atoms with Crippen molar-refractivity contribution >= 4 is 41.0 Å². The van der Waals surface area contributed by atoms with Crippen LogP contribution < -0.4 is 5.32 Å². The maximum Gasteiger partial charge on any atom is 0.307 e. The van der Waals surface area contributed by atoms with E-state index in [9.17, 15) is 14.4 Å². The molecule has 3 N–H and O–H groups in total. The van der Waals surface area contributed by atoms with Crippen LogP contribution in [0.25, 0.3) is 11.1 Å². The summed E-state index contributed by atoms with van der Waals surface area (Å²) in [5.41, 5.74) is 3.25. The number of nitrogens with zero attached hydrogens (tertiary/aromatic N) is 2. The monoisotopic (exact) mass is 411 g/mol. The maximum absolute atomic E-state index is 11.7. The Morgan fingerprint density at radius 3 is 2.48 bits per heavy atom. The first-order chi connectivity index (χ1) is 13.9. The van der Waals surface area contributed by atoms with Crippen molar-refractivity contribution in [2.75, 3.05) is 0 Å². The largest absolute Gasteiger partial charge is 0.481 e. The highest BCUT2D eigenvalue weighted by molar-refractivity contribution is 8.15. The Kier molecular flexibility index (Phi) is 6.40. The molecule has 2 aromatic rings. The molecule has 148 valence electrons. The van der Waals surface area contributed by atoms with Crippen molar-refractivity contribution in [2.24, 2.45) is 10.2 Å². The summed E-state index contributed by atoms with van der Waals surface area (Å²) in [7, 11) is 0. The van der Waals surface area contributed by atoms with Gasteiger partial charge >= 0.3 is 11.9 Å². The quantitative estimate of drug-likeness (QED) is 0.474. The van der Waals surface area contributed by atoms with Gasteiger partial charge in [-0.05, 0) is 22.3 Å². The summed E-state index contributed by atoms with van der Waals surface area (Å²) in [5, 5.41) is 27.7. The van der Waals surface area contributed by atoms with Gasteiger partial charge < -0.3 is 15.5 Å². The first-order valence-electron chi connectivity index (χ1n) is 8.63. The molecule has 0 spiro atoms. The number of rotatable bonds is 7. The van der Waals surface area contributed by atoms with Gasteiger partial charge in [0.05, 0.1) is 19.1 Å². The van der Waals surface area contributed by atoms with Gasteiger partial charge in [0.1, 0.15) is 5.25 Å². The molecule has 1 atom stereocenters. The molecule has 8 nitrogen and oxygen atoms in total. The summed E-state index contributed by atoms with van der Waals surface area (Å²) in [6.45, 7) is 0. The lowest BCUT2D eigenvalue weighted by Gasteiger charge is -2.08. The molecule has 29 heavy (non-hydrogen) atoms. The predicted molar refractivity (Wildman–Crippen MR) is 110 cm³/mol. The van der Waals surface area contributed by atoms with Crippen molar-refractivity contribution in [3.05, 3.63) is 59.7 Å². The molecule has 1 heterocycles. The van der Waals surface area contributed by atoms with Crippen LogP contribution in [0.1, 0.15) is 17.5 Å². The predicted octanol–water partition coefficient (Wildman–Crippen LogP) is 2.38. The van der Waals surface area contributed by atoms with Crippen LogP contribution in [0, 0.1) is 0 Å². The lowest BCUT2D eigenvalue weighted by Crippen LogP contribution is -2.26. The van der Waals surface area contributed by atoms with Gasteiger partial charge in [0.2, 0.25) is 5.91 Å². The summed E-state index contributed by atoms with van der Waals surface area (Å²) in [6, 6.07) is 14.7. The minimum atomic E-state index is -1.05. The Hall–Kier alpha value is -3.46. The molecule has 0 bridgehead atoms. The van der Waals surface area contributed by atoms with E-state index in [1.165, 1.54) is 6.21 Å². The van der Waals surface area contributed by atoms with Crippen LogP contribution in [-0.2, 0) is 20.8 Å². The molecule has 2 aromatic carbocycles. The third-order valence-corrected chi connectivity index (χ3v) is 5.14. The molecule has 0 saturated carbocycles. The van der Waals surface area contributed by atoms with Crippen LogP contribution in [0.3, 0.4) is 0 Å². The molecule has 9 heteroatoms. The molecule has 3 rings (SSSR count). The molecular weight excluding hydrogens is 394 g/mol. The summed E-state index contributed by atoms with van der Waals surface area (Å²) in [4.78, 5) is 33.4. The molecule has 1 aliphatic heterocycles. The van der Waals surface area contributed by atoms with Crippen LogP contribution in [-0.4, -0.2) is 44.7 Å². The average Bonchev–Trinajstić information content (AvgIpc) is 3.01. The summed E-state index contributed by atoms with van der Waals surface area (Å²) < 4.78 is 0. The fourth-order valence-corrected chi connectivity index (χ4v) is 3.68. The molecule has 0 radical (unpaired) electrons. The lowest BCUT2D eigenvalue weighted by atomic mass is 9.97. The summed E-state index contributed by atoms with van der Waals surface area (Å²) in [6.07, 6.45) is 1.18. The van der Waals surface area contributed by atoms with Gasteiger partial charge in [0.15, 0.2) is 5.17 Å². The van der Waals surface area contributed by atoms with Gasteiger partial charge in [0, 0.05) is 0 Å². The third-order valence-electron chi connectivity index (χ3n) is 4.07. The lowest BCUT2D eigenvalue weighted by molar-refractivity contribution is -0.138. The highest BCUT2D eigenvalue weighted by atomic mass is 32.2. The second-order valence-electron chi connectivity index (χ2n) is 6.19. The highest BCUT2D eigenvalue weighted by Crippen LogP contribution is 2.25. The molecule has 1 fully saturated rings. The van der Waals surface area contributed by atoms with E-state index in [1.54, 1.807) is 6.07 Å². The normalized spacial score (nSPS) is 17.6. The van der Waals surface area contributed by atoms with E-state index in [0.29, 0.717) is 0 Å². The van der Waals surface area contributed by atoms with Gasteiger partial charge in [-0.15, -0.1) is 5.10 Å². The first kappa shape index (κ1) is 20.3. The van der Waals surface area contributed by atoms with Crippen molar-refractivity contribution in [3.8, 4) is 11.1 Å². The Morgan fingerprint density at radius 1 is 1.07 bits per heavy atom. The van der Waals surface area contributed by atoms with Gasteiger partial charge in [-0.2, -0.15) is 5.10 Å². The fourth-order valence-electron chi connectivity index (χ4n) is 2.76. The van der Waals surface area contributed by atoms with Crippen LogP contribution in [0.15, 0.2) is 58.7 Å². The number of nitrogens with one attached hydrogen (secondary N) is 1. The Balaban J connectivity index is 1.68. The molecule has 0 aliphatic carbocycles. The topological polar surface area (TPSA) is 128 Å². The maximum atomic E-state index is 11.7. The van der Waals surface area contributed by atoms with Crippen molar-refractivity contribution in [1.29, 1.82) is 0 Å². The van der Waals surface area contributed by atoms with Crippen LogP contribution in [0.5, 0.6) is 0 Å². The number of amidine groups is 1. The van der Waals surface area contributed by atoms with Crippen molar-refractivity contribution in [3.63, 3.8) is 0 Å². The average molecular weight is 411 g/mol. The number of thioether (sulfide) groups is 1. The Labute approximate surface area is 170 Å². The number of hydrogen-bond donors (Lipinski definition) is 3. The molecule has 1 unspecified atom stereocenters. The second kappa shape index (κ2) is 9.16. The highest BCUT2D eigenvalue weighted by Gasteiger charge is 2.32. The fraction of sp³-hybridized carbons (Fsp3) is 0.150. The molecular formula is C20H17N3O5S. The number of benzene rings is 2. The van der Waals surface area contributed by atoms with E-state index in [2.05, 4.69) is 15.5 Å². The van der Waals surface area contributed by atoms with Crippen molar-refractivity contribution < 1.29 is 24.6 Å². The molecule has 0 aromatic heterocycles. The van der Waals surface area contributed by atoms with E-state index in [0.717, 1.165) is 34.0 Å². The van der Waals surface area contributed by atoms with Crippen LogP contribution in [0.4, 0.5) is 0 Å². The minimum absolute atomic E-state index is 0.0524. The number of carbonyl (C=O) groups excluding carboxylic acids is 1. The smallest absolute Gasteiger partial charge is 0.307 e. The number of carboxylic acids is 2. The SMILES string of the molecule is O=C(O)Cc1ccccc1-c1ccc(C=NN=C2NC(=O)C(CC(=O)O)S2)cc1. The number of amides is 1. The van der Waals surface area contributed by atoms with E-state index < -0.39 is 23.1 Å². The van der Waals surface area contributed by atoms with E-state index in [-0.39, 0.29) is 18.0 Å². The van der Waals surface area contributed by atoms with Crippen molar-refractivity contribution in [1.82, 2.24) is 5.32 Å². The Morgan fingerprint density at radius 2 is 1.79 bits per heavy atom. The second-order valence-corrected chi connectivity index (χ2v) is 7.38. The zero-order valence-corrected chi connectivity index (χ0v) is 15.9. The number of aliphatic carboxylic acids is 2. The van der Waals surface area contributed by atoms with Crippen LogP contribution in [0.2, 0.25) is 0 Å². The van der Waals surface area contributed by atoms with Gasteiger partial charge in [-0.25, -0.2) is 0 Å². The first-order valence-corrected chi connectivity index (χ1v) is 9.51. The molecule has 1 aliphatic rings. The molecule has 1 amide bonds. The van der Waals surface area contributed by atoms with Crippen molar-refractivity contribution in [2.45, 2.75) is 18.1 Å². The minimum Gasteiger partial charge on any atom is -0.481 e.